The third-order valence-electron chi connectivity index (χ3n) is 5.19. The Kier molecular flexibility index (Phi) is 2.80. The number of nitrogens with zero attached hydrogens (tertiary/aromatic N) is 1. The van der Waals surface area contributed by atoms with E-state index in [1.165, 1.54) is 16.0 Å². The van der Waals surface area contributed by atoms with Gasteiger partial charge in [-0.3, -0.25) is 9.59 Å². The molecule has 3 aromatic rings. The highest BCUT2D eigenvalue weighted by Gasteiger charge is 2.35. The number of hydrogen-bond acceptors (Lipinski definition) is 3. The van der Waals surface area contributed by atoms with Gasteiger partial charge in [-0.15, -0.1) is 0 Å². The lowest BCUT2D eigenvalue weighted by Gasteiger charge is -2.27. The first-order chi connectivity index (χ1) is 12.2. The van der Waals surface area contributed by atoms with Gasteiger partial charge in [0.1, 0.15) is 5.75 Å². The van der Waals surface area contributed by atoms with Gasteiger partial charge in [0.2, 0.25) is 0 Å². The van der Waals surface area contributed by atoms with E-state index in [2.05, 4.69) is 0 Å². The third kappa shape index (κ3) is 1.82. The molecule has 2 aliphatic rings. The molecule has 1 aliphatic heterocycles. The van der Waals surface area contributed by atoms with E-state index in [9.17, 15) is 9.59 Å². The summed E-state index contributed by atoms with van der Waals surface area (Å²) in [6.07, 6.45) is 1.94. The molecular formula is C21H15NO3. The van der Waals surface area contributed by atoms with E-state index in [0.29, 0.717) is 22.6 Å². The summed E-state index contributed by atoms with van der Waals surface area (Å²) in [4.78, 5) is 27.4. The first-order valence-electron chi connectivity index (χ1n) is 8.29. The molecule has 25 heavy (non-hydrogen) atoms. The average Bonchev–Trinajstić information content (AvgIpc) is 3.07. The van der Waals surface area contributed by atoms with Gasteiger partial charge in [0.25, 0.3) is 11.8 Å². The van der Waals surface area contributed by atoms with Crippen LogP contribution in [0.15, 0.2) is 48.5 Å². The molecule has 0 saturated heterocycles. The topological polar surface area (TPSA) is 46.6 Å². The van der Waals surface area contributed by atoms with E-state index in [1.54, 1.807) is 31.4 Å². The summed E-state index contributed by atoms with van der Waals surface area (Å²) in [5.41, 5.74) is 4.22. The number of carbonyl (C=O) groups is 2. The summed E-state index contributed by atoms with van der Waals surface area (Å²) in [6.45, 7) is 0. The largest absolute Gasteiger partial charge is 0.497 e. The molecule has 2 amide bonds. The van der Waals surface area contributed by atoms with Crippen LogP contribution < -0.4 is 9.64 Å². The molecule has 1 aliphatic carbocycles. The van der Waals surface area contributed by atoms with Crippen molar-refractivity contribution in [2.24, 2.45) is 0 Å². The highest BCUT2D eigenvalue weighted by molar-refractivity contribution is 6.36. The summed E-state index contributed by atoms with van der Waals surface area (Å²) in [5, 5.41) is 1.93. The molecule has 0 aromatic heterocycles. The number of methoxy groups -OCH3 is 1. The van der Waals surface area contributed by atoms with Gasteiger partial charge in [0.05, 0.1) is 12.8 Å². The predicted octanol–water partition coefficient (Wildman–Crippen LogP) is 3.75. The van der Waals surface area contributed by atoms with Crippen LogP contribution in [0, 0.1) is 0 Å². The molecule has 4 nitrogen and oxygen atoms in total. The Morgan fingerprint density at radius 2 is 1.32 bits per heavy atom. The number of carbonyl (C=O) groups excluding carboxylic acids is 2. The summed E-state index contributed by atoms with van der Waals surface area (Å²) in [6, 6.07) is 14.7. The second kappa shape index (κ2) is 4.93. The van der Waals surface area contributed by atoms with E-state index < -0.39 is 0 Å². The molecule has 3 aromatic carbocycles. The van der Waals surface area contributed by atoms with Gasteiger partial charge in [0, 0.05) is 16.5 Å². The van der Waals surface area contributed by atoms with Gasteiger partial charge in [-0.05, 0) is 65.8 Å². The van der Waals surface area contributed by atoms with Gasteiger partial charge in [-0.2, -0.15) is 0 Å². The fourth-order valence-corrected chi connectivity index (χ4v) is 3.98. The SMILES string of the molecule is COc1ccc(N2C(=O)c3ccc4c5c(ccc(c35)C2=O)CC4)cc1. The number of aryl methyl sites for hydroxylation is 2. The normalized spacial score (nSPS) is 15.2. The quantitative estimate of drug-likeness (QED) is 0.673. The maximum absolute atomic E-state index is 13.1. The fourth-order valence-electron chi connectivity index (χ4n) is 3.98. The Morgan fingerprint density at radius 3 is 1.84 bits per heavy atom. The molecule has 4 heteroatoms. The van der Waals surface area contributed by atoms with Crippen molar-refractivity contribution < 1.29 is 14.3 Å². The van der Waals surface area contributed by atoms with Crippen LogP contribution in [0.1, 0.15) is 31.8 Å². The number of rotatable bonds is 2. The Bertz CT molecular complexity index is 1010. The van der Waals surface area contributed by atoms with Crippen LogP contribution in [0.4, 0.5) is 5.69 Å². The molecule has 0 atom stereocenters. The minimum Gasteiger partial charge on any atom is -0.497 e. The minimum absolute atomic E-state index is 0.265. The molecule has 0 spiro atoms. The maximum atomic E-state index is 13.1. The number of imide groups is 1. The van der Waals surface area contributed by atoms with E-state index >= 15 is 0 Å². The molecule has 5 rings (SSSR count). The second-order valence-corrected chi connectivity index (χ2v) is 6.44. The number of ether oxygens (including phenoxy) is 1. The molecule has 1 heterocycles. The van der Waals surface area contributed by atoms with Crippen LogP contribution in [0.3, 0.4) is 0 Å². The van der Waals surface area contributed by atoms with Crippen LogP contribution in [-0.2, 0) is 12.8 Å². The Balaban J connectivity index is 1.73. The smallest absolute Gasteiger partial charge is 0.265 e. The van der Waals surface area contributed by atoms with Crippen LogP contribution >= 0.6 is 0 Å². The number of anilines is 1. The third-order valence-corrected chi connectivity index (χ3v) is 5.19. The Hall–Kier alpha value is -3.14. The van der Waals surface area contributed by atoms with Gasteiger partial charge in [-0.1, -0.05) is 12.1 Å². The molecule has 0 saturated carbocycles. The van der Waals surface area contributed by atoms with Gasteiger partial charge in [0.15, 0.2) is 0 Å². The molecule has 0 bridgehead atoms. The molecular weight excluding hydrogens is 314 g/mol. The van der Waals surface area contributed by atoms with E-state index in [4.69, 9.17) is 4.74 Å². The lowest BCUT2D eigenvalue weighted by molar-refractivity contribution is 0.0893. The first kappa shape index (κ1) is 14.2. The monoisotopic (exact) mass is 329 g/mol. The zero-order chi connectivity index (χ0) is 17.1. The van der Waals surface area contributed by atoms with Crippen molar-refractivity contribution in [2.75, 3.05) is 12.0 Å². The molecule has 122 valence electrons. The van der Waals surface area contributed by atoms with Crippen molar-refractivity contribution in [1.29, 1.82) is 0 Å². The van der Waals surface area contributed by atoms with Crippen LogP contribution in [0.5, 0.6) is 5.75 Å². The highest BCUT2D eigenvalue weighted by Crippen LogP contribution is 2.39. The highest BCUT2D eigenvalue weighted by atomic mass is 16.5. The summed E-state index contributed by atoms with van der Waals surface area (Å²) < 4.78 is 5.16. The van der Waals surface area contributed by atoms with Crippen molar-refractivity contribution in [2.45, 2.75) is 12.8 Å². The zero-order valence-corrected chi connectivity index (χ0v) is 13.7. The van der Waals surface area contributed by atoms with Crippen molar-refractivity contribution in [3.05, 3.63) is 70.8 Å². The van der Waals surface area contributed by atoms with Crippen molar-refractivity contribution >= 4 is 28.3 Å². The minimum atomic E-state index is -0.265. The molecule has 0 fully saturated rings. The zero-order valence-electron chi connectivity index (χ0n) is 13.7. The van der Waals surface area contributed by atoms with Gasteiger partial charge in [-0.25, -0.2) is 4.90 Å². The lowest BCUT2D eigenvalue weighted by Crippen LogP contribution is -2.40. The van der Waals surface area contributed by atoms with Gasteiger partial charge >= 0.3 is 0 Å². The Labute approximate surface area is 144 Å². The van der Waals surface area contributed by atoms with Crippen LogP contribution in [0.25, 0.3) is 10.8 Å². The van der Waals surface area contributed by atoms with Crippen LogP contribution in [0.2, 0.25) is 0 Å². The van der Waals surface area contributed by atoms with Crippen molar-refractivity contribution in [3.63, 3.8) is 0 Å². The second-order valence-electron chi connectivity index (χ2n) is 6.44. The average molecular weight is 329 g/mol. The van der Waals surface area contributed by atoms with Crippen LogP contribution in [-0.4, -0.2) is 18.9 Å². The fraction of sp³-hybridized carbons (Fsp3) is 0.143. The van der Waals surface area contributed by atoms with Crippen molar-refractivity contribution in [1.82, 2.24) is 0 Å². The summed E-state index contributed by atoms with van der Waals surface area (Å²) >= 11 is 0. The number of benzene rings is 3. The number of hydrogen-bond donors (Lipinski definition) is 0. The number of amides is 2. The van der Waals surface area contributed by atoms with E-state index in [1.807, 2.05) is 24.3 Å². The van der Waals surface area contributed by atoms with Crippen molar-refractivity contribution in [3.8, 4) is 5.75 Å². The lowest BCUT2D eigenvalue weighted by atomic mass is 9.91. The standard InChI is InChI=1S/C21H15NO3/c1-25-15-8-6-14(7-9-15)22-20(23)16-10-4-12-2-3-13-5-11-17(21(22)24)19(16)18(12)13/h4-11H,2-3H2,1H3. The molecule has 0 N–H and O–H groups in total. The maximum Gasteiger partial charge on any atom is 0.265 e. The van der Waals surface area contributed by atoms with E-state index in [-0.39, 0.29) is 11.8 Å². The molecule has 0 unspecified atom stereocenters. The molecule has 0 radical (unpaired) electrons. The first-order valence-corrected chi connectivity index (χ1v) is 8.29. The predicted molar refractivity (Wildman–Crippen MR) is 95.5 cm³/mol. The van der Waals surface area contributed by atoms with Gasteiger partial charge < -0.3 is 4.74 Å². The summed E-state index contributed by atoms with van der Waals surface area (Å²) in [5.74, 6) is 0.153. The van der Waals surface area contributed by atoms with E-state index in [0.717, 1.165) is 23.6 Å². The summed E-state index contributed by atoms with van der Waals surface area (Å²) in [7, 11) is 1.58. The Morgan fingerprint density at radius 1 is 0.760 bits per heavy atom.